The first-order valence-electron chi connectivity index (χ1n) is 6.76. The molecule has 0 aliphatic heterocycles. The topological polar surface area (TPSA) is 0 Å². The van der Waals surface area contributed by atoms with Crippen molar-refractivity contribution in [2.45, 2.75) is 27.2 Å². The third-order valence-electron chi connectivity index (χ3n) is 4.07. The number of quaternary nitrogens is 1. The van der Waals surface area contributed by atoms with Crippen LogP contribution in [0.15, 0.2) is 30.8 Å². The first-order valence-corrected chi connectivity index (χ1v) is 6.76. The third-order valence-corrected chi connectivity index (χ3v) is 4.07. The van der Waals surface area contributed by atoms with E-state index in [2.05, 4.69) is 51.6 Å². The molecule has 17 heavy (non-hydrogen) atoms. The summed E-state index contributed by atoms with van der Waals surface area (Å²) in [7, 11) is 0. The van der Waals surface area contributed by atoms with Gasteiger partial charge in [0.15, 0.2) is 0 Å². The SMILES string of the molecule is C=Cc1cccc(CC[N+](CC)(CC)CC)c1. The second-order valence-electron chi connectivity index (χ2n) is 4.71. The van der Waals surface area contributed by atoms with Crippen LogP contribution in [-0.4, -0.2) is 30.7 Å². The monoisotopic (exact) mass is 232 g/mol. The largest absolute Gasteiger partial charge is 0.324 e. The minimum absolute atomic E-state index is 1.16. The van der Waals surface area contributed by atoms with Gasteiger partial charge in [0, 0.05) is 6.42 Å². The van der Waals surface area contributed by atoms with E-state index >= 15 is 0 Å². The van der Waals surface area contributed by atoms with Crippen molar-refractivity contribution in [3.05, 3.63) is 42.0 Å². The molecule has 0 aliphatic rings. The fourth-order valence-electron chi connectivity index (χ4n) is 2.39. The van der Waals surface area contributed by atoms with Gasteiger partial charge >= 0.3 is 0 Å². The molecule has 1 aromatic rings. The summed E-state index contributed by atoms with van der Waals surface area (Å²) in [5.41, 5.74) is 2.66. The molecule has 1 aromatic carbocycles. The number of benzene rings is 1. The predicted molar refractivity (Wildman–Crippen MR) is 77.0 cm³/mol. The van der Waals surface area contributed by atoms with Crippen molar-refractivity contribution in [3.63, 3.8) is 0 Å². The molecule has 0 atom stereocenters. The lowest BCUT2D eigenvalue weighted by Gasteiger charge is -2.35. The maximum absolute atomic E-state index is 3.83. The molecule has 1 nitrogen and oxygen atoms in total. The van der Waals surface area contributed by atoms with E-state index < -0.39 is 0 Å². The van der Waals surface area contributed by atoms with Crippen molar-refractivity contribution >= 4 is 6.08 Å². The lowest BCUT2D eigenvalue weighted by molar-refractivity contribution is -0.923. The number of hydrogen-bond donors (Lipinski definition) is 0. The summed E-state index contributed by atoms with van der Waals surface area (Å²) >= 11 is 0. The van der Waals surface area contributed by atoms with E-state index in [1.54, 1.807) is 0 Å². The van der Waals surface area contributed by atoms with E-state index in [1.165, 1.54) is 41.8 Å². The second kappa shape index (κ2) is 6.61. The summed E-state index contributed by atoms with van der Waals surface area (Å²) in [6, 6.07) is 8.72. The van der Waals surface area contributed by atoms with E-state index in [0.717, 1.165) is 6.42 Å². The average Bonchev–Trinajstić information content (AvgIpc) is 2.41. The normalized spacial score (nSPS) is 11.5. The summed E-state index contributed by atoms with van der Waals surface area (Å²) in [6.07, 6.45) is 3.09. The van der Waals surface area contributed by atoms with Crippen LogP contribution in [0.5, 0.6) is 0 Å². The van der Waals surface area contributed by atoms with Crippen molar-refractivity contribution in [2.24, 2.45) is 0 Å². The lowest BCUT2D eigenvalue weighted by atomic mass is 10.1. The first-order chi connectivity index (χ1) is 8.19. The third kappa shape index (κ3) is 3.71. The maximum atomic E-state index is 3.83. The fourth-order valence-corrected chi connectivity index (χ4v) is 2.39. The predicted octanol–water partition coefficient (Wildman–Crippen LogP) is 3.75. The highest BCUT2D eigenvalue weighted by molar-refractivity contribution is 5.47. The summed E-state index contributed by atoms with van der Waals surface area (Å²) in [6.45, 7) is 15.7. The van der Waals surface area contributed by atoms with Crippen LogP contribution in [0.25, 0.3) is 6.08 Å². The van der Waals surface area contributed by atoms with Crippen LogP contribution in [0.2, 0.25) is 0 Å². The highest BCUT2D eigenvalue weighted by atomic mass is 15.3. The Hall–Kier alpha value is -1.08. The molecule has 0 radical (unpaired) electrons. The Kier molecular flexibility index (Phi) is 5.43. The molecule has 1 heteroatoms. The van der Waals surface area contributed by atoms with Gasteiger partial charge in [-0.05, 0) is 31.9 Å². The molecule has 0 unspecified atom stereocenters. The smallest absolute Gasteiger partial charge is 0.0827 e. The van der Waals surface area contributed by atoms with Crippen LogP contribution in [0, 0.1) is 0 Å². The Balaban J connectivity index is 2.68. The van der Waals surface area contributed by atoms with Gasteiger partial charge in [0.05, 0.1) is 26.2 Å². The van der Waals surface area contributed by atoms with Gasteiger partial charge in [-0.3, -0.25) is 0 Å². The van der Waals surface area contributed by atoms with Crippen LogP contribution >= 0.6 is 0 Å². The average molecular weight is 232 g/mol. The van der Waals surface area contributed by atoms with Crippen molar-refractivity contribution in [2.75, 3.05) is 26.2 Å². The van der Waals surface area contributed by atoms with Crippen LogP contribution in [0.1, 0.15) is 31.9 Å². The number of hydrogen-bond acceptors (Lipinski definition) is 0. The molecule has 0 saturated heterocycles. The van der Waals surface area contributed by atoms with E-state index in [9.17, 15) is 0 Å². The Labute approximate surface area is 106 Å². The second-order valence-corrected chi connectivity index (χ2v) is 4.71. The van der Waals surface area contributed by atoms with Crippen LogP contribution in [0.3, 0.4) is 0 Å². The van der Waals surface area contributed by atoms with Gasteiger partial charge in [0.25, 0.3) is 0 Å². The van der Waals surface area contributed by atoms with Crippen LogP contribution in [0.4, 0.5) is 0 Å². The van der Waals surface area contributed by atoms with Crippen molar-refractivity contribution in [3.8, 4) is 0 Å². The van der Waals surface area contributed by atoms with Gasteiger partial charge in [-0.1, -0.05) is 36.9 Å². The van der Waals surface area contributed by atoms with E-state index in [4.69, 9.17) is 0 Å². The first kappa shape index (κ1) is 14.0. The van der Waals surface area contributed by atoms with E-state index in [0.29, 0.717) is 0 Å². The molecule has 0 N–H and O–H groups in total. The van der Waals surface area contributed by atoms with Gasteiger partial charge in [-0.25, -0.2) is 0 Å². The molecule has 0 amide bonds. The molecular formula is C16H26N+. The zero-order chi connectivity index (χ0) is 12.7. The molecule has 0 saturated carbocycles. The molecular weight excluding hydrogens is 206 g/mol. The molecule has 1 rings (SSSR count). The molecule has 0 aromatic heterocycles. The quantitative estimate of drug-likeness (QED) is 0.628. The minimum Gasteiger partial charge on any atom is -0.324 e. The highest BCUT2D eigenvalue weighted by Gasteiger charge is 2.19. The standard InChI is InChI=1S/C16H26N/c1-5-15-10-9-11-16(14-15)12-13-17(6-2,7-3)8-4/h5,9-11,14H,1,6-8,12-13H2,2-4H3/q+1. The summed E-state index contributed by atoms with van der Waals surface area (Å²) < 4.78 is 1.22. The zero-order valence-electron chi connectivity index (χ0n) is 11.6. The summed E-state index contributed by atoms with van der Waals surface area (Å²) in [5.74, 6) is 0. The lowest BCUT2D eigenvalue weighted by Crippen LogP contribution is -2.48. The number of nitrogens with zero attached hydrogens (tertiary/aromatic N) is 1. The Morgan fingerprint density at radius 2 is 1.76 bits per heavy atom. The summed E-state index contributed by atoms with van der Waals surface area (Å²) in [5, 5.41) is 0. The summed E-state index contributed by atoms with van der Waals surface area (Å²) in [4.78, 5) is 0. The molecule has 0 bridgehead atoms. The van der Waals surface area contributed by atoms with E-state index in [1.807, 2.05) is 6.08 Å². The van der Waals surface area contributed by atoms with Crippen LogP contribution in [-0.2, 0) is 6.42 Å². The van der Waals surface area contributed by atoms with Gasteiger partial charge in [0.1, 0.15) is 0 Å². The maximum Gasteiger partial charge on any atom is 0.0827 e. The Morgan fingerprint density at radius 3 is 2.29 bits per heavy atom. The molecule has 94 valence electrons. The highest BCUT2D eigenvalue weighted by Crippen LogP contribution is 2.12. The van der Waals surface area contributed by atoms with E-state index in [-0.39, 0.29) is 0 Å². The number of rotatable bonds is 7. The number of likely N-dealkylation sites (N-methyl/N-ethyl adjacent to an activating group) is 1. The van der Waals surface area contributed by atoms with Crippen molar-refractivity contribution in [1.82, 2.24) is 0 Å². The van der Waals surface area contributed by atoms with Gasteiger partial charge in [-0.2, -0.15) is 0 Å². The van der Waals surface area contributed by atoms with Gasteiger partial charge < -0.3 is 4.48 Å². The van der Waals surface area contributed by atoms with Gasteiger partial charge in [-0.15, -0.1) is 0 Å². The molecule has 0 spiro atoms. The van der Waals surface area contributed by atoms with Gasteiger partial charge in [0.2, 0.25) is 0 Å². The molecule has 0 heterocycles. The minimum atomic E-state index is 1.16. The van der Waals surface area contributed by atoms with Crippen LogP contribution < -0.4 is 0 Å². The molecule has 0 aliphatic carbocycles. The Morgan fingerprint density at radius 1 is 1.12 bits per heavy atom. The van der Waals surface area contributed by atoms with Crippen molar-refractivity contribution in [1.29, 1.82) is 0 Å². The zero-order valence-corrected chi connectivity index (χ0v) is 11.6. The fraction of sp³-hybridized carbons (Fsp3) is 0.500. The van der Waals surface area contributed by atoms with Crippen molar-refractivity contribution < 1.29 is 4.48 Å². The Bertz CT molecular complexity index is 342. The molecule has 0 fully saturated rings.